The maximum Gasteiger partial charge on any atom is 0.313 e. The molecule has 1 heterocycles. The molecule has 0 amide bonds. The molecule has 6 heteroatoms. The summed E-state index contributed by atoms with van der Waals surface area (Å²) in [5, 5.41) is 8.62. The van der Waals surface area contributed by atoms with Crippen molar-refractivity contribution in [2.24, 2.45) is 0 Å². The summed E-state index contributed by atoms with van der Waals surface area (Å²) in [6.45, 7) is 8.02. The predicted octanol–water partition coefficient (Wildman–Crippen LogP) is 4.85. The summed E-state index contributed by atoms with van der Waals surface area (Å²) < 4.78 is 11.1. The fourth-order valence-corrected chi connectivity index (χ4v) is 2.53. The van der Waals surface area contributed by atoms with Crippen LogP contribution in [-0.2, 0) is 17.2 Å². The van der Waals surface area contributed by atoms with E-state index in [0.717, 1.165) is 22.8 Å². The third kappa shape index (κ3) is 7.55. The highest BCUT2D eigenvalue weighted by Gasteiger charge is 2.07. The minimum absolute atomic E-state index is 0. The van der Waals surface area contributed by atoms with Crippen molar-refractivity contribution in [3.05, 3.63) is 47.2 Å². The van der Waals surface area contributed by atoms with Gasteiger partial charge in [0, 0.05) is 12.7 Å². The Morgan fingerprint density at radius 2 is 2.04 bits per heavy atom. The zero-order chi connectivity index (χ0) is 17.2. The van der Waals surface area contributed by atoms with Crippen LogP contribution in [-0.4, -0.2) is 21.8 Å². The quantitative estimate of drug-likeness (QED) is 0.767. The van der Waals surface area contributed by atoms with Crippen LogP contribution in [0.2, 0.25) is 0 Å². The van der Waals surface area contributed by atoms with E-state index in [0.29, 0.717) is 18.3 Å². The first-order valence-corrected chi connectivity index (χ1v) is 8.64. The van der Waals surface area contributed by atoms with Gasteiger partial charge in [-0.05, 0) is 24.6 Å². The monoisotopic (exact) mass is 353 g/mol. The number of thioether (sulfide) groups is 1. The van der Waals surface area contributed by atoms with Gasteiger partial charge >= 0.3 is 5.97 Å². The van der Waals surface area contributed by atoms with Gasteiger partial charge in [0.1, 0.15) is 23.8 Å². The number of oxazole rings is 1. The summed E-state index contributed by atoms with van der Waals surface area (Å²) in [4.78, 5) is 14.7. The number of hydrogen-bond donors (Lipinski definition) is 1. The molecule has 0 spiro atoms. The molecule has 1 aromatic heterocycles. The zero-order valence-corrected chi connectivity index (χ0v) is 14.8. The summed E-state index contributed by atoms with van der Waals surface area (Å²) in [5.41, 5.74) is 1.82. The minimum atomic E-state index is -0.802. The van der Waals surface area contributed by atoms with Crippen molar-refractivity contribution in [1.82, 2.24) is 4.98 Å². The zero-order valence-electron chi connectivity index (χ0n) is 14.0. The first-order valence-electron chi connectivity index (χ1n) is 7.49. The number of rotatable bonds is 7. The van der Waals surface area contributed by atoms with Crippen LogP contribution in [0.3, 0.4) is 0 Å². The molecule has 0 aliphatic rings. The lowest BCUT2D eigenvalue weighted by molar-refractivity contribution is -0.133. The Bertz CT molecular complexity index is 625. The van der Waals surface area contributed by atoms with Crippen molar-refractivity contribution in [3.8, 4) is 5.75 Å². The average molecular weight is 353 g/mol. The lowest BCUT2D eigenvalue weighted by Gasteiger charge is -2.06. The van der Waals surface area contributed by atoms with E-state index in [-0.39, 0.29) is 13.2 Å². The Hall–Kier alpha value is -1.95. The number of benzene rings is 1. The SMILES string of the molecule is C.CC.Cc1nc(COc2cccc(CSCC(=O)O)c2)c(C)o1. The number of aromatic nitrogens is 1. The summed E-state index contributed by atoms with van der Waals surface area (Å²) in [5.74, 6) is 2.08. The second kappa shape index (κ2) is 11.6. The van der Waals surface area contributed by atoms with Gasteiger partial charge in [-0.25, -0.2) is 4.98 Å². The first-order chi connectivity index (χ1) is 11.0. The molecule has 0 radical (unpaired) electrons. The van der Waals surface area contributed by atoms with Gasteiger partial charge in [-0.1, -0.05) is 33.4 Å². The highest BCUT2D eigenvalue weighted by atomic mass is 32.2. The Kier molecular flexibility index (Phi) is 10.6. The smallest absolute Gasteiger partial charge is 0.313 e. The standard InChI is InChI=1S/C15H17NO4S.C2H6.CH4/c1-10-14(16-11(2)20-10)7-19-13-5-3-4-12(6-13)8-21-9-15(17)18;1-2;/h3-6H,7-9H2,1-2H3,(H,17,18);1-2H3;1H4. The Balaban J connectivity index is 0.00000170. The van der Waals surface area contributed by atoms with Gasteiger partial charge in [0.25, 0.3) is 0 Å². The van der Waals surface area contributed by atoms with Crippen LogP contribution in [0.4, 0.5) is 0 Å². The summed E-state index contributed by atoms with van der Waals surface area (Å²) in [7, 11) is 0. The van der Waals surface area contributed by atoms with Crippen LogP contribution >= 0.6 is 11.8 Å². The molecule has 2 aromatic rings. The van der Waals surface area contributed by atoms with Crippen molar-refractivity contribution < 1.29 is 19.1 Å². The molecule has 2 rings (SSSR count). The predicted molar refractivity (Wildman–Crippen MR) is 98.6 cm³/mol. The topological polar surface area (TPSA) is 72.6 Å². The first kappa shape index (κ1) is 22.1. The van der Waals surface area contributed by atoms with E-state index in [1.165, 1.54) is 11.8 Å². The minimum Gasteiger partial charge on any atom is -0.487 e. The number of hydrogen-bond acceptors (Lipinski definition) is 5. The molecule has 1 N–H and O–H groups in total. The number of ether oxygens (including phenoxy) is 1. The molecular weight excluding hydrogens is 326 g/mol. The van der Waals surface area contributed by atoms with E-state index in [1.54, 1.807) is 6.92 Å². The Morgan fingerprint density at radius 3 is 2.62 bits per heavy atom. The summed E-state index contributed by atoms with van der Waals surface area (Å²) in [6, 6.07) is 7.63. The van der Waals surface area contributed by atoms with E-state index >= 15 is 0 Å². The van der Waals surface area contributed by atoms with Crippen LogP contribution in [0, 0.1) is 13.8 Å². The third-order valence-electron chi connectivity index (χ3n) is 2.77. The summed E-state index contributed by atoms with van der Waals surface area (Å²) >= 11 is 1.36. The highest BCUT2D eigenvalue weighted by Crippen LogP contribution is 2.20. The molecule has 5 nitrogen and oxygen atoms in total. The second-order valence-electron chi connectivity index (χ2n) is 4.56. The number of aliphatic carboxylic acids is 1. The van der Waals surface area contributed by atoms with Gasteiger partial charge in [0.15, 0.2) is 5.89 Å². The van der Waals surface area contributed by atoms with Crippen LogP contribution in [0.25, 0.3) is 0 Å². The molecule has 0 atom stereocenters. The molecule has 0 fully saturated rings. The number of carbonyl (C=O) groups is 1. The van der Waals surface area contributed by atoms with Gasteiger partial charge in [-0.15, -0.1) is 11.8 Å². The third-order valence-corrected chi connectivity index (χ3v) is 3.76. The molecule has 134 valence electrons. The lowest BCUT2D eigenvalue weighted by Crippen LogP contribution is -1.99. The molecule has 0 aliphatic heterocycles. The van der Waals surface area contributed by atoms with E-state index in [9.17, 15) is 4.79 Å². The maximum absolute atomic E-state index is 10.5. The molecular formula is C18H27NO4S. The molecule has 1 aromatic carbocycles. The van der Waals surface area contributed by atoms with Crippen LogP contribution in [0.15, 0.2) is 28.7 Å². The van der Waals surface area contributed by atoms with Gasteiger partial charge in [-0.2, -0.15) is 0 Å². The fourth-order valence-electron chi connectivity index (χ4n) is 1.84. The maximum atomic E-state index is 10.5. The van der Waals surface area contributed by atoms with Crippen molar-refractivity contribution in [2.75, 3.05) is 5.75 Å². The normalized spacial score (nSPS) is 9.50. The van der Waals surface area contributed by atoms with Gasteiger partial charge < -0.3 is 14.3 Å². The van der Waals surface area contributed by atoms with Crippen molar-refractivity contribution >= 4 is 17.7 Å². The summed E-state index contributed by atoms with van der Waals surface area (Å²) in [6.07, 6.45) is 0. The van der Waals surface area contributed by atoms with Crippen molar-refractivity contribution in [2.45, 2.75) is 47.5 Å². The van der Waals surface area contributed by atoms with Crippen molar-refractivity contribution in [1.29, 1.82) is 0 Å². The van der Waals surface area contributed by atoms with Crippen LogP contribution in [0.1, 0.15) is 44.2 Å². The van der Waals surface area contributed by atoms with E-state index in [2.05, 4.69) is 4.98 Å². The second-order valence-corrected chi connectivity index (χ2v) is 5.54. The number of nitrogens with zero attached hydrogens (tertiary/aromatic N) is 1. The van der Waals surface area contributed by atoms with Crippen molar-refractivity contribution in [3.63, 3.8) is 0 Å². The molecule has 0 aliphatic carbocycles. The van der Waals surface area contributed by atoms with E-state index < -0.39 is 5.97 Å². The van der Waals surface area contributed by atoms with E-state index in [1.807, 2.05) is 45.0 Å². The average Bonchev–Trinajstić information content (AvgIpc) is 2.85. The largest absolute Gasteiger partial charge is 0.487 e. The molecule has 24 heavy (non-hydrogen) atoms. The Labute approximate surface area is 148 Å². The van der Waals surface area contributed by atoms with Gasteiger partial charge in [0.2, 0.25) is 0 Å². The molecule has 0 unspecified atom stereocenters. The highest BCUT2D eigenvalue weighted by molar-refractivity contribution is 7.99. The molecule has 0 bridgehead atoms. The number of aryl methyl sites for hydroxylation is 2. The lowest BCUT2D eigenvalue weighted by atomic mass is 10.2. The van der Waals surface area contributed by atoms with Gasteiger partial charge in [0.05, 0.1) is 5.75 Å². The number of carboxylic acids is 1. The Morgan fingerprint density at radius 1 is 1.33 bits per heavy atom. The fraction of sp³-hybridized carbons (Fsp3) is 0.444. The van der Waals surface area contributed by atoms with Crippen LogP contribution < -0.4 is 4.74 Å². The number of carboxylic acid groups (broad SMARTS) is 1. The van der Waals surface area contributed by atoms with Crippen LogP contribution in [0.5, 0.6) is 5.75 Å². The van der Waals surface area contributed by atoms with E-state index in [4.69, 9.17) is 14.3 Å². The molecule has 0 saturated carbocycles. The molecule has 0 saturated heterocycles. The van der Waals surface area contributed by atoms with Gasteiger partial charge in [-0.3, -0.25) is 4.79 Å².